The van der Waals surface area contributed by atoms with Crippen LogP contribution in [0.15, 0.2) is 36.4 Å². The predicted octanol–water partition coefficient (Wildman–Crippen LogP) is 3.14. The van der Waals surface area contributed by atoms with E-state index in [1.54, 1.807) is 18.2 Å². The van der Waals surface area contributed by atoms with E-state index in [0.717, 1.165) is 5.69 Å². The number of benzene rings is 2. The van der Waals surface area contributed by atoms with Crippen LogP contribution in [0.2, 0.25) is 5.02 Å². The number of ether oxygens (including phenoxy) is 3. The summed E-state index contributed by atoms with van der Waals surface area (Å²) >= 11 is 6.10. The van der Waals surface area contributed by atoms with Crippen molar-refractivity contribution in [2.75, 3.05) is 31.9 Å². The summed E-state index contributed by atoms with van der Waals surface area (Å²) in [5, 5.41) is 9.00. The van der Waals surface area contributed by atoms with Crippen molar-refractivity contribution in [3.8, 4) is 11.5 Å². The molecule has 0 aliphatic carbocycles. The summed E-state index contributed by atoms with van der Waals surface area (Å²) in [6, 6.07) is 9.03. The molecule has 1 aliphatic heterocycles. The fraction of sp³-hybridized carbons (Fsp3) is 0.375. The third-order valence-corrected chi connectivity index (χ3v) is 5.73. The van der Waals surface area contributed by atoms with Gasteiger partial charge in [0.05, 0.1) is 17.0 Å². The SMILES string of the molecule is COCOc1cc(N2CCC(Oc3cc(F)ccc3Cl)CC2)ccc1C(=O)NNC(=O)CCC(=O)O. The highest BCUT2D eigenvalue weighted by atomic mass is 35.5. The number of hydrazine groups is 1. The van der Waals surface area contributed by atoms with E-state index >= 15 is 0 Å². The number of nitrogens with one attached hydrogen (secondary N) is 2. The van der Waals surface area contributed by atoms with Crippen LogP contribution in [0, 0.1) is 5.82 Å². The van der Waals surface area contributed by atoms with Crippen LogP contribution in [0.5, 0.6) is 11.5 Å². The van der Waals surface area contributed by atoms with E-state index in [1.165, 1.54) is 25.3 Å². The Kier molecular flexibility index (Phi) is 9.71. The smallest absolute Gasteiger partial charge is 0.303 e. The molecule has 0 bridgehead atoms. The van der Waals surface area contributed by atoms with Crippen molar-refractivity contribution in [1.29, 1.82) is 0 Å². The van der Waals surface area contributed by atoms with Gasteiger partial charge in [0.25, 0.3) is 5.91 Å². The average molecular weight is 524 g/mol. The van der Waals surface area contributed by atoms with E-state index < -0.39 is 23.6 Å². The van der Waals surface area contributed by atoms with Gasteiger partial charge in [-0.3, -0.25) is 25.2 Å². The number of carboxylic acid groups (broad SMARTS) is 1. The van der Waals surface area contributed by atoms with Gasteiger partial charge >= 0.3 is 5.97 Å². The number of amides is 2. The monoisotopic (exact) mass is 523 g/mol. The molecule has 1 aliphatic rings. The molecule has 12 heteroatoms. The Hall–Kier alpha value is -3.57. The summed E-state index contributed by atoms with van der Waals surface area (Å²) in [6.45, 7) is 1.19. The normalized spacial score (nSPS) is 13.7. The van der Waals surface area contributed by atoms with Crippen LogP contribution in [0.3, 0.4) is 0 Å². The molecule has 2 aromatic carbocycles. The quantitative estimate of drug-likeness (QED) is 0.320. The lowest BCUT2D eigenvalue weighted by molar-refractivity contribution is -0.138. The zero-order chi connectivity index (χ0) is 26.1. The highest BCUT2D eigenvalue weighted by molar-refractivity contribution is 6.32. The number of piperidine rings is 1. The van der Waals surface area contributed by atoms with Gasteiger partial charge in [-0.1, -0.05) is 11.6 Å². The Morgan fingerprint density at radius 2 is 1.83 bits per heavy atom. The largest absolute Gasteiger partial charge is 0.489 e. The second-order valence-electron chi connectivity index (χ2n) is 8.01. The first-order valence-corrected chi connectivity index (χ1v) is 11.6. The maximum Gasteiger partial charge on any atom is 0.303 e. The summed E-state index contributed by atoms with van der Waals surface area (Å²) < 4.78 is 29.9. The number of hydrogen-bond acceptors (Lipinski definition) is 7. The standard InChI is InChI=1S/C24H27ClFN3O7/c1-34-14-35-20-13-16(3-4-18(20)24(33)28-27-22(30)6-7-23(31)32)29-10-8-17(9-11-29)36-21-12-15(26)2-5-19(21)25/h2-5,12-13,17H,6-11,14H2,1H3,(H,27,30)(H,28,33)(H,31,32). The lowest BCUT2D eigenvalue weighted by Gasteiger charge is -2.34. The maximum absolute atomic E-state index is 13.5. The van der Waals surface area contributed by atoms with Gasteiger partial charge in [0.15, 0.2) is 6.79 Å². The van der Waals surface area contributed by atoms with Gasteiger partial charge < -0.3 is 24.2 Å². The minimum atomic E-state index is -1.12. The molecule has 3 rings (SSSR count). The van der Waals surface area contributed by atoms with Crippen LogP contribution in [-0.2, 0) is 14.3 Å². The van der Waals surface area contributed by atoms with Crippen LogP contribution in [0.1, 0.15) is 36.0 Å². The van der Waals surface area contributed by atoms with Gasteiger partial charge in [-0.05, 0) is 24.3 Å². The third-order valence-electron chi connectivity index (χ3n) is 5.42. The van der Waals surface area contributed by atoms with Crippen molar-refractivity contribution < 1.29 is 38.1 Å². The highest BCUT2D eigenvalue weighted by Crippen LogP contribution is 2.31. The van der Waals surface area contributed by atoms with E-state index in [1.807, 2.05) is 0 Å². The number of nitrogens with zero attached hydrogens (tertiary/aromatic N) is 1. The van der Waals surface area contributed by atoms with Gasteiger partial charge in [0.2, 0.25) is 5.91 Å². The van der Waals surface area contributed by atoms with Crippen molar-refractivity contribution in [3.05, 3.63) is 52.8 Å². The molecule has 2 amide bonds. The van der Waals surface area contributed by atoms with E-state index in [9.17, 15) is 18.8 Å². The van der Waals surface area contributed by atoms with Gasteiger partial charge in [-0.2, -0.15) is 0 Å². The van der Waals surface area contributed by atoms with Gasteiger partial charge in [0, 0.05) is 57.3 Å². The number of carbonyl (C=O) groups is 3. The zero-order valence-corrected chi connectivity index (χ0v) is 20.3. The number of carboxylic acids is 1. The van der Waals surface area contributed by atoms with Crippen molar-refractivity contribution in [2.24, 2.45) is 0 Å². The van der Waals surface area contributed by atoms with Crippen molar-refractivity contribution in [1.82, 2.24) is 10.9 Å². The fourth-order valence-corrected chi connectivity index (χ4v) is 3.75. The number of aliphatic carboxylic acids is 1. The minimum absolute atomic E-state index is 0.0982. The lowest BCUT2D eigenvalue weighted by Crippen LogP contribution is -2.42. The molecule has 36 heavy (non-hydrogen) atoms. The summed E-state index contributed by atoms with van der Waals surface area (Å²) in [7, 11) is 1.45. The Morgan fingerprint density at radius 3 is 2.53 bits per heavy atom. The summed E-state index contributed by atoms with van der Waals surface area (Å²) in [6.07, 6.45) is 0.597. The molecule has 0 aromatic heterocycles. The van der Waals surface area contributed by atoms with Crippen LogP contribution < -0.4 is 25.2 Å². The van der Waals surface area contributed by atoms with Crippen LogP contribution in [0.4, 0.5) is 10.1 Å². The Bertz CT molecular complexity index is 1090. The second-order valence-corrected chi connectivity index (χ2v) is 8.41. The minimum Gasteiger partial charge on any atom is -0.489 e. The highest BCUT2D eigenvalue weighted by Gasteiger charge is 2.23. The van der Waals surface area contributed by atoms with Gasteiger partial charge in [-0.25, -0.2) is 4.39 Å². The average Bonchev–Trinajstić information content (AvgIpc) is 2.87. The summed E-state index contributed by atoms with van der Waals surface area (Å²) in [4.78, 5) is 37.0. The van der Waals surface area contributed by atoms with Gasteiger partial charge in [0.1, 0.15) is 23.4 Å². The molecule has 3 N–H and O–H groups in total. The third kappa shape index (κ3) is 7.72. The molecule has 1 heterocycles. The Labute approximate surface area is 212 Å². The molecule has 0 atom stereocenters. The van der Waals surface area contributed by atoms with Crippen molar-refractivity contribution in [2.45, 2.75) is 31.8 Å². The van der Waals surface area contributed by atoms with E-state index in [2.05, 4.69) is 15.8 Å². The molecule has 0 unspecified atom stereocenters. The molecule has 1 fully saturated rings. The zero-order valence-electron chi connectivity index (χ0n) is 19.6. The number of rotatable bonds is 10. The topological polar surface area (TPSA) is 126 Å². The number of hydrogen-bond donors (Lipinski definition) is 3. The van der Waals surface area contributed by atoms with Gasteiger partial charge in [-0.15, -0.1) is 0 Å². The molecular formula is C24H27ClFN3O7. The molecule has 0 spiro atoms. The summed E-state index contributed by atoms with van der Waals surface area (Å²) in [5.41, 5.74) is 5.41. The number of carbonyl (C=O) groups excluding carboxylic acids is 2. The maximum atomic E-state index is 13.5. The molecule has 0 saturated carbocycles. The molecule has 194 valence electrons. The first-order valence-electron chi connectivity index (χ1n) is 11.2. The number of anilines is 1. The number of methoxy groups -OCH3 is 1. The van der Waals surface area contributed by atoms with Crippen LogP contribution >= 0.6 is 11.6 Å². The van der Waals surface area contributed by atoms with E-state index in [0.29, 0.717) is 36.7 Å². The van der Waals surface area contributed by atoms with Crippen molar-refractivity contribution >= 4 is 35.1 Å². The molecule has 0 radical (unpaired) electrons. The lowest BCUT2D eigenvalue weighted by atomic mass is 10.1. The molecule has 2 aromatic rings. The van der Waals surface area contributed by atoms with Crippen LogP contribution in [0.25, 0.3) is 0 Å². The molecule has 1 saturated heterocycles. The molecule has 10 nitrogen and oxygen atoms in total. The van der Waals surface area contributed by atoms with E-state index in [-0.39, 0.29) is 37.1 Å². The number of halogens is 2. The first kappa shape index (κ1) is 27.0. The van der Waals surface area contributed by atoms with Crippen molar-refractivity contribution in [3.63, 3.8) is 0 Å². The summed E-state index contributed by atoms with van der Waals surface area (Å²) in [5.74, 6) is -2.23. The Morgan fingerprint density at radius 1 is 1.08 bits per heavy atom. The molecular weight excluding hydrogens is 497 g/mol. The predicted molar refractivity (Wildman–Crippen MR) is 129 cm³/mol. The van der Waals surface area contributed by atoms with E-state index in [4.69, 9.17) is 30.9 Å². The fourth-order valence-electron chi connectivity index (χ4n) is 3.59. The Balaban J connectivity index is 1.62. The first-order chi connectivity index (χ1) is 17.3. The van der Waals surface area contributed by atoms with Crippen LogP contribution in [-0.4, -0.2) is 56.0 Å². The second kappa shape index (κ2) is 12.9.